The molecule has 0 spiro atoms. The van der Waals surface area contributed by atoms with Gasteiger partial charge in [0.05, 0.1) is 24.4 Å². The van der Waals surface area contributed by atoms with E-state index in [0.29, 0.717) is 24.6 Å². The highest BCUT2D eigenvalue weighted by atomic mass is 16.5. The molecule has 25 heavy (non-hydrogen) atoms. The fourth-order valence-electron chi connectivity index (χ4n) is 2.83. The van der Waals surface area contributed by atoms with Crippen LogP contribution in [-0.4, -0.2) is 47.2 Å². The first-order valence-corrected chi connectivity index (χ1v) is 8.11. The largest absolute Gasteiger partial charge is 0.378 e. The monoisotopic (exact) mass is 335 g/mol. The molecule has 1 fully saturated rings. The molecule has 4 rings (SSSR count). The van der Waals surface area contributed by atoms with Crippen molar-refractivity contribution in [2.45, 2.75) is 0 Å². The highest BCUT2D eigenvalue weighted by Gasteiger charge is 2.16. The number of rotatable bonds is 3. The number of anilines is 2. The molecule has 1 aliphatic heterocycles. The Morgan fingerprint density at radius 3 is 2.80 bits per heavy atom. The molecule has 1 aliphatic rings. The Kier molecular flexibility index (Phi) is 4.22. The van der Waals surface area contributed by atoms with Gasteiger partial charge in [-0.3, -0.25) is 9.78 Å². The van der Waals surface area contributed by atoms with Crippen molar-refractivity contribution < 1.29 is 9.53 Å². The van der Waals surface area contributed by atoms with Crippen molar-refractivity contribution >= 4 is 28.3 Å². The summed E-state index contributed by atoms with van der Waals surface area (Å²) in [6, 6.07) is 11.2. The number of carbonyl (C=O) groups excluding carboxylic acids is 1. The van der Waals surface area contributed by atoms with Crippen LogP contribution in [0.5, 0.6) is 0 Å². The first kappa shape index (κ1) is 15.5. The minimum atomic E-state index is -0.282. The Hall–Kier alpha value is -3.06. The Labute approximate surface area is 144 Å². The number of morpholine rings is 1. The van der Waals surface area contributed by atoms with Gasteiger partial charge in [-0.25, -0.2) is 9.97 Å². The molecule has 0 unspecified atom stereocenters. The van der Waals surface area contributed by atoms with E-state index in [9.17, 15) is 4.79 Å². The van der Waals surface area contributed by atoms with Gasteiger partial charge in [0, 0.05) is 30.7 Å². The molecular weight excluding hydrogens is 318 g/mol. The van der Waals surface area contributed by atoms with Gasteiger partial charge in [-0.2, -0.15) is 0 Å². The van der Waals surface area contributed by atoms with Gasteiger partial charge >= 0.3 is 0 Å². The van der Waals surface area contributed by atoms with Crippen molar-refractivity contribution in [1.29, 1.82) is 0 Å². The summed E-state index contributed by atoms with van der Waals surface area (Å²) in [5.41, 5.74) is 1.74. The topological polar surface area (TPSA) is 80.2 Å². The van der Waals surface area contributed by atoms with Crippen molar-refractivity contribution in [2.75, 3.05) is 36.5 Å². The van der Waals surface area contributed by atoms with E-state index in [1.165, 1.54) is 6.33 Å². The fourth-order valence-corrected chi connectivity index (χ4v) is 2.83. The van der Waals surface area contributed by atoms with Crippen molar-refractivity contribution in [2.24, 2.45) is 0 Å². The summed E-state index contributed by atoms with van der Waals surface area (Å²) in [4.78, 5) is 27.4. The highest BCUT2D eigenvalue weighted by molar-refractivity contribution is 6.07. The van der Waals surface area contributed by atoms with Gasteiger partial charge in [0.1, 0.15) is 17.8 Å². The molecule has 126 valence electrons. The van der Waals surface area contributed by atoms with Gasteiger partial charge in [-0.05, 0) is 12.1 Å². The van der Waals surface area contributed by atoms with Crippen molar-refractivity contribution in [1.82, 2.24) is 15.0 Å². The lowest BCUT2D eigenvalue weighted by atomic mass is 10.2. The molecule has 0 bridgehead atoms. The highest BCUT2D eigenvalue weighted by Crippen LogP contribution is 2.21. The molecule has 3 aromatic rings. The minimum absolute atomic E-state index is 0.282. The summed E-state index contributed by atoms with van der Waals surface area (Å²) in [6.45, 7) is 2.83. The molecular formula is C18H17N5O2. The van der Waals surface area contributed by atoms with Crippen LogP contribution in [0, 0.1) is 0 Å². The molecule has 0 saturated carbocycles. The predicted octanol–water partition coefficient (Wildman–Crippen LogP) is 2.11. The molecule has 2 aromatic heterocycles. The number of benzene rings is 1. The summed E-state index contributed by atoms with van der Waals surface area (Å²) in [6.07, 6.45) is 3.13. The van der Waals surface area contributed by atoms with E-state index in [-0.39, 0.29) is 5.91 Å². The van der Waals surface area contributed by atoms with E-state index in [0.717, 1.165) is 29.8 Å². The number of para-hydroxylation sites is 1. The molecule has 0 aliphatic carbocycles. The summed E-state index contributed by atoms with van der Waals surface area (Å²) in [5.74, 6) is 0.453. The lowest BCUT2D eigenvalue weighted by Gasteiger charge is -2.27. The smallest absolute Gasteiger partial charge is 0.274 e. The summed E-state index contributed by atoms with van der Waals surface area (Å²) in [5, 5.41) is 3.87. The van der Waals surface area contributed by atoms with Crippen LogP contribution in [0.4, 0.5) is 11.5 Å². The molecule has 7 nitrogen and oxygen atoms in total. The van der Waals surface area contributed by atoms with Crippen LogP contribution in [0.15, 0.2) is 48.9 Å². The van der Waals surface area contributed by atoms with Crippen molar-refractivity contribution in [3.63, 3.8) is 0 Å². The van der Waals surface area contributed by atoms with Crippen LogP contribution < -0.4 is 10.2 Å². The maximum atomic E-state index is 12.6. The summed E-state index contributed by atoms with van der Waals surface area (Å²) >= 11 is 0. The third-order valence-corrected chi connectivity index (χ3v) is 4.10. The second-order valence-corrected chi connectivity index (χ2v) is 5.70. The normalized spacial score (nSPS) is 14.5. The third kappa shape index (κ3) is 3.27. The Morgan fingerprint density at radius 2 is 1.92 bits per heavy atom. The van der Waals surface area contributed by atoms with Gasteiger partial charge in [0.2, 0.25) is 0 Å². The quantitative estimate of drug-likeness (QED) is 0.790. The second kappa shape index (κ2) is 6.82. The second-order valence-electron chi connectivity index (χ2n) is 5.70. The number of fused-ring (bicyclic) bond motifs is 1. The SMILES string of the molecule is O=C(Nc1cccc2cccnc12)c1cc(N2CCOCC2)ncn1. The Bertz CT molecular complexity index is 903. The molecule has 3 heterocycles. The lowest BCUT2D eigenvalue weighted by Crippen LogP contribution is -2.37. The zero-order chi connectivity index (χ0) is 17.1. The zero-order valence-electron chi connectivity index (χ0n) is 13.6. The number of pyridine rings is 1. The maximum absolute atomic E-state index is 12.6. The predicted molar refractivity (Wildman–Crippen MR) is 94.8 cm³/mol. The number of ether oxygens (including phenoxy) is 1. The van der Waals surface area contributed by atoms with Crippen LogP contribution in [0.3, 0.4) is 0 Å². The number of nitrogens with one attached hydrogen (secondary N) is 1. The molecule has 0 radical (unpaired) electrons. The van der Waals surface area contributed by atoms with E-state index in [1.54, 1.807) is 12.3 Å². The van der Waals surface area contributed by atoms with Crippen molar-refractivity contribution in [3.8, 4) is 0 Å². The third-order valence-electron chi connectivity index (χ3n) is 4.10. The minimum Gasteiger partial charge on any atom is -0.378 e. The number of nitrogens with zero attached hydrogens (tertiary/aromatic N) is 4. The fraction of sp³-hybridized carbons (Fsp3) is 0.222. The van der Waals surface area contributed by atoms with Crippen molar-refractivity contribution in [3.05, 3.63) is 54.6 Å². The standard InChI is InChI=1S/C18H17N5O2/c24-18(22-14-5-1-3-13-4-2-6-19-17(13)14)15-11-16(21-12-20-15)23-7-9-25-10-8-23/h1-6,11-12H,7-10H2,(H,22,24). The number of amides is 1. The number of hydrogen-bond donors (Lipinski definition) is 1. The van der Waals surface area contributed by atoms with Crippen LogP contribution in [-0.2, 0) is 4.74 Å². The van der Waals surface area contributed by atoms with E-state index >= 15 is 0 Å². The first-order chi connectivity index (χ1) is 12.3. The molecule has 7 heteroatoms. The number of carbonyl (C=O) groups is 1. The zero-order valence-corrected chi connectivity index (χ0v) is 13.6. The van der Waals surface area contributed by atoms with E-state index < -0.39 is 0 Å². The molecule has 1 N–H and O–H groups in total. The van der Waals surface area contributed by atoms with E-state index in [2.05, 4.69) is 25.2 Å². The molecule has 0 atom stereocenters. The number of hydrogen-bond acceptors (Lipinski definition) is 6. The van der Waals surface area contributed by atoms with E-state index in [1.807, 2.05) is 30.3 Å². The first-order valence-electron chi connectivity index (χ1n) is 8.11. The average Bonchev–Trinajstić information content (AvgIpc) is 2.69. The van der Waals surface area contributed by atoms with Gasteiger partial charge < -0.3 is 15.0 Å². The van der Waals surface area contributed by atoms with Crippen LogP contribution >= 0.6 is 0 Å². The van der Waals surface area contributed by atoms with E-state index in [4.69, 9.17) is 4.74 Å². The number of aromatic nitrogens is 3. The lowest BCUT2D eigenvalue weighted by molar-refractivity contribution is 0.102. The summed E-state index contributed by atoms with van der Waals surface area (Å²) in [7, 11) is 0. The molecule has 1 saturated heterocycles. The van der Waals surface area contributed by atoms with Gasteiger partial charge in [-0.15, -0.1) is 0 Å². The summed E-state index contributed by atoms with van der Waals surface area (Å²) < 4.78 is 5.35. The van der Waals surface area contributed by atoms with Gasteiger partial charge in [0.15, 0.2) is 0 Å². The molecule has 1 aromatic carbocycles. The van der Waals surface area contributed by atoms with Crippen LogP contribution in [0.2, 0.25) is 0 Å². The Balaban J connectivity index is 1.58. The average molecular weight is 335 g/mol. The van der Waals surface area contributed by atoms with Gasteiger partial charge in [-0.1, -0.05) is 18.2 Å². The maximum Gasteiger partial charge on any atom is 0.274 e. The van der Waals surface area contributed by atoms with Gasteiger partial charge in [0.25, 0.3) is 5.91 Å². The molecule has 1 amide bonds. The van der Waals surface area contributed by atoms with Crippen LogP contribution in [0.25, 0.3) is 10.9 Å². The Morgan fingerprint density at radius 1 is 1.08 bits per heavy atom. The van der Waals surface area contributed by atoms with Crippen LogP contribution in [0.1, 0.15) is 10.5 Å².